The summed E-state index contributed by atoms with van der Waals surface area (Å²) in [5, 5.41) is 1.98. The predicted octanol–water partition coefficient (Wildman–Crippen LogP) is 17.3. The molecule has 0 spiro atoms. The topological polar surface area (TPSA) is 35.9 Å². The first-order chi connectivity index (χ1) is 40.2. The fourth-order valence-corrected chi connectivity index (χ4v) is 9.85. The van der Waals surface area contributed by atoms with Crippen LogP contribution in [0, 0.1) is 24.4 Å². The summed E-state index contributed by atoms with van der Waals surface area (Å²) < 4.78 is 99.9. The van der Waals surface area contributed by atoms with Crippen LogP contribution in [0.5, 0.6) is 11.5 Å². The molecule has 0 aliphatic rings. The van der Waals surface area contributed by atoms with Gasteiger partial charge < -0.3 is 13.9 Å². The Morgan fingerprint density at radius 1 is 0.573 bits per heavy atom. The number of hydrogen-bond donors (Lipinski definition) is 0. The first-order valence-corrected chi connectivity index (χ1v) is 24.8. The van der Waals surface area contributed by atoms with Crippen LogP contribution in [0.2, 0.25) is 0 Å². The Labute approximate surface area is 468 Å². The molecular formula is C69H56N4OPt-2. The van der Waals surface area contributed by atoms with E-state index in [9.17, 15) is 0 Å². The third-order valence-corrected chi connectivity index (χ3v) is 14.0. The van der Waals surface area contributed by atoms with E-state index in [4.69, 9.17) is 23.4 Å². The molecule has 0 radical (unpaired) electrons. The van der Waals surface area contributed by atoms with E-state index in [0.717, 1.165) is 49.9 Å². The van der Waals surface area contributed by atoms with Crippen LogP contribution in [0.15, 0.2) is 218 Å². The fourth-order valence-electron chi connectivity index (χ4n) is 9.85. The van der Waals surface area contributed by atoms with Gasteiger partial charge in [0.05, 0.1) is 30.4 Å². The van der Waals surface area contributed by atoms with Crippen LogP contribution in [-0.4, -0.2) is 14.1 Å². The molecule has 1 atom stereocenters. The molecule has 370 valence electrons. The Morgan fingerprint density at radius 3 is 1.92 bits per heavy atom. The third-order valence-electron chi connectivity index (χ3n) is 14.0. The molecule has 3 aromatic heterocycles. The summed E-state index contributed by atoms with van der Waals surface area (Å²) in [5.41, 5.74) is 10.3. The number of rotatable bonds is 11. The van der Waals surface area contributed by atoms with Gasteiger partial charge in [-0.15, -0.1) is 29.7 Å². The number of aromatic nitrogens is 4. The van der Waals surface area contributed by atoms with Crippen molar-refractivity contribution in [3.8, 4) is 73.2 Å². The maximum Gasteiger partial charge on any atom is 0.268 e. The van der Waals surface area contributed by atoms with Gasteiger partial charge in [0.15, 0.2) is 0 Å². The second-order valence-electron chi connectivity index (χ2n) is 20.0. The Kier molecular flexibility index (Phi) is 10.4. The molecule has 0 saturated heterocycles. The first-order valence-electron chi connectivity index (χ1n) is 29.8. The van der Waals surface area contributed by atoms with Gasteiger partial charge in [-0.25, -0.2) is 4.98 Å². The smallest absolute Gasteiger partial charge is 0.268 e. The minimum Gasteiger partial charge on any atom is -0.510 e. The maximum absolute atomic E-state index is 9.09. The number of nitrogens with zero attached hydrogens (tertiary/aromatic N) is 4. The molecule has 9 aromatic carbocycles. The number of imidazole rings is 1. The van der Waals surface area contributed by atoms with Crippen molar-refractivity contribution in [2.24, 2.45) is 5.92 Å². The van der Waals surface area contributed by atoms with E-state index in [1.54, 1.807) is 33.4 Å². The molecule has 0 aliphatic carbocycles. The Bertz CT molecular complexity index is 4480. The van der Waals surface area contributed by atoms with E-state index in [-0.39, 0.29) is 60.3 Å². The van der Waals surface area contributed by atoms with Crippen molar-refractivity contribution >= 4 is 32.8 Å². The molecule has 6 heteroatoms. The second-order valence-corrected chi connectivity index (χ2v) is 20.0. The molecular weight excluding hydrogens is 1100 g/mol. The van der Waals surface area contributed by atoms with Crippen molar-refractivity contribution in [2.75, 3.05) is 0 Å². The normalized spacial score (nSPS) is 14.0. The molecule has 0 fully saturated rings. The summed E-state index contributed by atoms with van der Waals surface area (Å²) in [7, 11) is 0. The Hall–Kier alpha value is -8.11. The summed E-state index contributed by atoms with van der Waals surface area (Å²) >= 11 is 0. The average Bonchev–Trinajstić information content (AvgIpc) is 2.43. The van der Waals surface area contributed by atoms with Gasteiger partial charge in [-0.05, 0) is 90.5 Å². The molecule has 0 N–H and O–H groups in total. The average molecular weight is 1160 g/mol. The van der Waals surface area contributed by atoms with Gasteiger partial charge in [0, 0.05) is 49.8 Å². The van der Waals surface area contributed by atoms with Crippen molar-refractivity contribution in [1.82, 2.24) is 14.1 Å². The monoisotopic (exact) mass is 1160 g/mol. The van der Waals surface area contributed by atoms with Crippen molar-refractivity contribution in [1.29, 1.82) is 0 Å². The van der Waals surface area contributed by atoms with Crippen LogP contribution >= 0.6 is 0 Å². The number of benzene rings is 9. The van der Waals surface area contributed by atoms with Gasteiger partial charge >= 0.3 is 0 Å². The number of para-hydroxylation sites is 3. The van der Waals surface area contributed by atoms with Gasteiger partial charge in [0.1, 0.15) is 5.82 Å². The number of ether oxygens (including phenoxy) is 1. The van der Waals surface area contributed by atoms with Gasteiger partial charge in [-0.3, -0.25) is 4.57 Å². The van der Waals surface area contributed by atoms with Crippen LogP contribution < -0.4 is 9.30 Å². The van der Waals surface area contributed by atoms with Crippen molar-refractivity contribution in [3.63, 3.8) is 0 Å². The standard InChI is InChI=1S/C69H56N4O.Pt/c1-46(2)47(3)60-43-67(70-44-62(60)51-32-35-53(36-33-51)69(4,5)6)73-63-39-34-52(48-20-10-7-11-21-48)40-61(63)59-38-37-56(42-66(59)73)74-55-27-18-26-54(41-55)71-45-72(65-31-17-16-30-64(65)71)68-57(49-22-12-8-13-23-49)28-19-29-58(68)50-24-14-9-15-25-50;/h7-40,43-44,46-47H,1-6H3;/q-2;/i8D,9D,12D,13D,14D,15D,22D,23D,24D,25D;. The van der Waals surface area contributed by atoms with E-state index >= 15 is 0 Å². The van der Waals surface area contributed by atoms with Crippen molar-refractivity contribution < 1.29 is 44.1 Å². The van der Waals surface area contributed by atoms with Gasteiger partial charge in [-0.1, -0.05) is 217 Å². The molecule has 0 amide bonds. The minimum absolute atomic E-state index is 0. The fraction of sp³-hybridized carbons (Fsp3) is 0.130. The molecule has 75 heavy (non-hydrogen) atoms. The zero-order valence-electron chi connectivity index (χ0n) is 52.2. The SMILES string of the molecule is [2H]c1c([2H])c([2H])c(-c2cccc(-c3c([2H])c([2H])c([2H])c([2H])c3[2H])c2-[n+]2[c-]n(-c3[c-]c(Oc4[c-]c5c(cc4)c4cc(-c6ccccc6)ccc4n5-c4cc(C(C)C(C)C)c(-c5ccc(C(C)(C)C)cc5)cn4)ccc3)c3ccccc32)c([2H])c1[2H].[Pt]. The molecule has 3 heterocycles. The second kappa shape index (κ2) is 20.3. The first kappa shape index (κ1) is 38.5. The van der Waals surface area contributed by atoms with Crippen LogP contribution in [0.4, 0.5) is 0 Å². The maximum atomic E-state index is 9.09. The molecule has 1 unspecified atom stereocenters. The van der Waals surface area contributed by atoms with Crippen LogP contribution in [0.25, 0.3) is 94.5 Å². The van der Waals surface area contributed by atoms with Crippen LogP contribution in [0.3, 0.4) is 0 Å². The van der Waals surface area contributed by atoms with E-state index < -0.39 is 60.4 Å². The number of fused-ring (bicyclic) bond motifs is 4. The Balaban J connectivity index is 0.00000752. The summed E-state index contributed by atoms with van der Waals surface area (Å²) in [5.74, 6) is 2.04. The molecule has 5 nitrogen and oxygen atoms in total. The number of pyridine rings is 1. The number of hydrogen-bond acceptors (Lipinski definition) is 2. The molecule has 0 aliphatic heterocycles. The summed E-state index contributed by atoms with van der Waals surface area (Å²) in [6.07, 6.45) is 5.44. The molecule has 0 saturated carbocycles. The molecule has 0 bridgehead atoms. The van der Waals surface area contributed by atoms with Crippen molar-refractivity contribution in [2.45, 2.75) is 52.9 Å². The van der Waals surface area contributed by atoms with E-state index in [1.165, 1.54) is 11.1 Å². The van der Waals surface area contributed by atoms with Gasteiger partial charge in [0.2, 0.25) is 0 Å². The largest absolute Gasteiger partial charge is 0.510 e. The zero-order chi connectivity index (χ0) is 59.2. The zero-order valence-corrected chi connectivity index (χ0v) is 44.5. The van der Waals surface area contributed by atoms with Gasteiger partial charge in [0.25, 0.3) is 6.33 Å². The third kappa shape index (κ3) is 9.32. The van der Waals surface area contributed by atoms with E-state index in [0.29, 0.717) is 34.1 Å². The molecule has 12 rings (SSSR count). The van der Waals surface area contributed by atoms with Gasteiger partial charge in [-0.2, -0.15) is 18.2 Å². The Morgan fingerprint density at radius 2 is 1.23 bits per heavy atom. The summed E-state index contributed by atoms with van der Waals surface area (Å²) in [4.78, 5) is 5.25. The van der Waals surface area contributed by atoms with Crippen LogP contribution in [0.1, 0.15) is 72.3 Å². The van der Waals surface area contributed by atoms with Crippen molar-refractivity contribution in [3.05, 3.63) is 248 Å². The van der Waals surface area contributed by atoms with E-state index in [2.05, 4.69) is 131 Å². The summed E-state index contributed by atoms with van der Waals surface area (Å²) in [6.45, 7) is 13.4. The molecule has 12 aromatic rings. The minimum atomic E-state index is -0.575. The summed E-state index contributed by atoms with van der Waals surface area (Å²) in [6, 6.07) is 51.2. The predicted molar refractivity (Wildman–Crippen MR) is 304 cm³/mol. The quantitative estimate of drug-likeness (QED) is 0.0956. The van der Waals surface area contributed by atoms with E-state index in [1.807, 2.05) is 66.9 Å². The van der Waals surface area contributed by atoms with Crippen LogP contribution in [-0.2, 0) is 26.5 Å².